The first-order valence-corrected chi connectivity index (χ1v) is 12.7. The molecular weight excluding hydrogens is 490 g/mol. The number of hydrogen-bond donors (Lipinski definition) is 0. The lowest BCUT2D eigenvalue weighted by atomic mass is 9.67. The summed E-state index contributed by atoms with van der Waals surface area (Å²) in [7, 11) is 0. The average Bonchev–Trinajstić information content (AvgIpc) is 3.03. The first-order chi connectivity index (χ1) is 19.6. The molecule has 4 aromatic rings. The maximum absolute atomic E-state index is 10.5. The van der Waals surface area contributed by atoms with Gasteiger partial charge in [0.1, 0.15) is 0 Å². The minimum absolute atomic E-state index is 0.110. The molecule has 0 aromatic heterocycles. The van der Waals surface area contributed by atoms with E-state index in [2.05, 4.69) is 30.9 Å². The van der Waals surface area contributed by atoms with E-state index in [0.29, 0.717) is 22.4 Å². The molecule has 0 spiro atoms. The van der Waals surface area contributed by atoms with Crippen molar-refractivity contribution in [1.29, 1.82) is 21.0 Å². The van der Waals surface area contributed by atoms with Crippen LogP contribution in [0.5, 0.6) is 0 Å². The first kappa shape index (κ1) is 27.3. The Morgan fingerprint density at radius 1 is 0.675 bits per heavy atom. The molecule has 0 fully saturated rings. The lowest BCUT2D eigenvalue weighted by Crippen LogP contribution is -2.30. The molecule has 5 nitrogen and oxygen atoms in total. The van der Waals surface area contributed by atoms with Crippen LogP contribution in [-0.2, 0) is 0 Å². The number of nitrogens with zero attached hydrogens (tertiary/aromatic N) is 5. The Bertz CT molecular complexity index is 1600. The van der Waals surface area contributed by atoms with Gasteiger partial charge in [0.15, 0.2) is 5.41 Å². The first-order valence-electron chi connectivity index (χ1n) is 12.7. The van der Waals surface area contributed by atoms with Gasteiger partial charge in [-0.1, -0.05) is 91.0 Å². The van der Waals surface area contributed by atoms with Gasteiger partial charge in [-0.05, 0) is 41.8 Å². The van der Waals surface area contributed by atoms with Crippen molar-refractivity contribution >= 4 is 5.71 Å². The van der Waals surface area contributed by atoms with E-state index in [4.69, 9.17) is 4.99 Å². The van der Waals surface area contributed by atoms with E-state index in [0.717, 1.165) is 16.7 Å². The number of benzene rings is 4. The highest BCUT2D eigenvalue weighted by Gasteiger charge is 2.45. The van der Waals surface area contributed by atoms with Crippen molar-refractivity contribution in [3.63, 3.8) is 0 Å². The second-order valence-corrected chi connectivity index (χ2v) is 9.29. The van der Waals surface area contributed by atoms with E-state index < -0.39 is 17.4 Å². The van der Waals surface area contributed by atoms with Crippen LogP contribution in [-0.4, -0.2) is 5.71 Å². The van der Waals surface area contributed by atoms with Gasteiger partial charge in [-0.15, -0.1) is 6.58 Å². The number of hydrogen-bond acceptors (Lipinski definition) is 5. The smallest absolute Gasteiger partial charge is 0.156 e. The van der Waals surface area contributed by atoms with E-state index in [1.54, 1.807) is 42.5 Å². The molecule has 4 aromatic carbocycles. The van der Waals surface area contributed by atoms with Crippen LogP contribution < -0.4 is 0 Å². The van der Waals surface area contributed by atoms with Crippen LogP contribution >= 0.6 is 0 Å². The lowest BCUT2D eigenvalue weighted by molar-refractivity contribution is 0.361. The summed E-state index contributed by atoms with van der Waals surface area (Å²) < 4.78 is 0. The molecule has 4 rings (SSSR count). The van der Waals surface area contributed by atoms with Crippen molar-refractivity contribution in [2.75, 3.05) is 0 Å². The van der Waals surface area contributed by atoms with E-state index in [9.17, 15) is 21.0 Å². The van der Waals surface area contributed by atoms with Crippen LogP contribution in [0.4, 0.5) is 0 Å². The molecule has 0 saturated heterocycles. The van der Waals surface area contributed by atoms with Crippen LogP contribution in [0.2, 0.25) is 0 Å². The summed E-state index contributed by atoms with van der Waals surface area (Å²) in [4.78, 5) is 5.34. The summed E-state index contributed by atoms with van der Waals surface area (Å²) >= 11 is 0. The molecule has 0 heterocycles. The molecule has 0 amide bonds. The second-order valence-electron chi connectivity index (χ2n) is 9.29. The molecule has 5 heteroatoms. The number of allylic oxidation sites excluding steroid dienone is 1. The Kier molecular flexibility index (Phi) is 8.64. The standard InChI is InChI=1S/C35H25N5/c1-2-21-35(24-38,25-39)32(28-17-13-26(22-36)14-18-28)34(31-19-15-27(23-37)16-20-31)40-33(29-9-5-3-6-10-29)30-11-7-4-8-12-30/h2-20,32,34H,1,21H2. The summed E-state index contributed by atoms with van der Waals surface area (Å²) in [6.07, 6.45) is 1.69. The topological polar surface area (TPSA) is 108 Å². The number of rotatable bonds is 9. The van der Waals surface area contributed by atoms with Gasteiger partial charge in [0.05, 0.1) is 47.2 Å². The Hall–Kier alpha value is -5.75. The molecule has 0 aliphatic rings. The molecule has 190 valence electrons. The van der Waals surface area contributed by atoms with Gasteiger partial charge < -0.3 is 0 Å². The molecule has 0 aliphatic carbocycles. The van der Waals surface area contributed by atoms with Crippen LogP contribution in [0, 0.1) is 50.7 Å². The molecule has 2 atom stereocenters. The molecule has 0 radical (unpaired) electrons. The molecule has 2 unspecified atom stereocenters. The predicted octanol–water partition coefficient (Wildman–Crippen LogP) is 7.40. The molecule has 0 N–H and O–H groups in total. The largest absolute Gasteiger partial charge is 0.275 e. The van der Waals surface area contributed by atoms with Crippen molar-refractivity contribution in [2.45, 2.75) is 18.4 Å². The molecular formula is C35H25N5. The van der Waals surface area contributed by atoms with Gasteiger partial charge in [0.25, 0.3) is 0 Å². The fourth-order valence-electron chi connectivity index (χ4n) is 4.85. The molecule has 0 saturated carbocycles. The van der Waals surface area contributed by atoms with Gasteiger partial charge >= 0.3 is 0 Å². The zero-order chi connectivity index (χ0) is 28.4. The molecule has 0 bridgehead atoms. The quantitative estimate of drug-likeness (QED) is 0.171. The Labute approximate surface area is 234 Å². The number of aliphatic imine (C=N–C) groups is 1. The van der Waals surface area contributed by atoms with Gasteiger partial charge in [-0.2, -0.15) is 21.0 Å². The van der Waals surface area contributed by atoms with Crippen LogP contribution in [0.1, 0.15) is 51.8 Å². The van der Waals surface area contributed by atoms with Crippen LogP contribution in [0.15, 0.2) is 127 Å². The minimum atomic E-state index is -1.52. The Morgan fingerprint density at radius 3 is 1.52 bits per heavy atom. The summed E-state index contributed by atoms with van der Waals surface area (Å²) in [5.74, 6) is -0.733. The second kappa shape index (κ2) is 12.7. The lowest BCUT2D eigenvalue weighted by Gasteiger charge is -2.34. The zero-order valence-corrected chi connectivity index (χ0v) is 21.8. The van der Waals surface area contributed by atoms with Gasteiger partial charge in [0, 0.05) is 17.0 Å². The van der Waals surface area contributed by atoms with Crippen molar-refractivity contribution in [3.8, 4) is 24.3 Å². The SMILES string of the molecule is C=CCC(C#N)(C#N)C(c1ccc(C#N)cc1)C(N=C(c1ccccc1)c1ccccc1)c1ccc(C#N)cc1. The molecule has 40 heavy (non-hydrogen) atoms. The van der Waals surface area contributed by atoms with Crippen molar-refractivity contribution < 1.29 is 0 Å². The predicted molar refractivity (Wildman–Crippen MR) is 155 cm³/mol. The van der Waals surface area contributed by atoms with Crippen LogP contribution in [0.25, 0.3) is 0 Å². The van der Waals surface area contributed by atoms with Crippen molar-refractivity contribution in [3.05, 3.63) is 155 Å². The van der Waals surface area contributed by atoms with E-state index >= 15 is 0 Å². The van der Waals surface area contributed by atoms with E-state index in [-0.39, 0.29) is 6.42 Å². The maximum Gasteiger partial charge on any atom is 0.156 e. The zero-order valence-electron chi connectivity index (χ0n) is 21.8. The number of nitriles is 4. The summed E-state index contributed by atoms with van der Waals surface area (Å²) in [6.45, 7) is 3.84. The highest BCUT2D eigenvalue weighted by Crippen LogP contribution is 2.49. The Morgan fingerprint density at radius 2 is 1.12 bits per heavy atom. The van der Waals surface area contributed by atoms with Crippen molar-refractivity contribution in [2.24, 2.45) is 10.4 Å². The monoisotopic (exact) mass is 515 g/mol. The summed E-state index contributed by atoms with van der Waals surface area (Å²) in [5.41, 5.74) is 3.36. The maximum atomic E-state index is 10.5. The Balaban J connectivity index is 2.08. The van der Waals surface area contributed by atoms with Gasteiger partial charge in [0.2, 0.25) is 0 Å². The normalized spacial score (nSPS) is 11.9. The van der Waals surface area contributed by atoms with E-state index in [1.807, 2.05) is 72.8 Å². The third kappa shape index (κ3) is 5.71. The third-order valence-corrected chi connectivity index (χ3v) is 6.85. The highest BCUT2D eigenvalue weighted by molar-refractivity contribution is 6.13. The molecule has 0 aliphatic heterocycles. The van der Waals surface area contributed by atoms with Crippen LogP contribution in [0.3, 0.4) is 0 Å². The summed E-state index contributed by atoms with van der Waals surface area (Å²) in [5, 5.41) is 39.9. The van der Waals surface area contributed by atoms with E-state index in [1.165, 1.54) is 0 Å². The van der Waals surface area contributed by atoms with Gasteiger partial charge in [-0.3, -0.25) is 4.99 Å². The van der Waals surface area contributed by atoms with Gasteiger partial charge in [-0.25, -0.2) is 0 Å². The highest BCUT2D eigenvalue weighted by atomic mass is 14.8. The third-order valence-electron chi connectivity index (χ3n) is 6.85. The average molecular weight is 516 g/mol. The fraction of sp³-hybridized carbons (Fsp3) is 0.114. The summed E-state index contributed by atoms with van der Waals surface area (Å²) in [6, 6.07) is 41.7. The minimum Gasteiger partial charge on any atom is -0.275 e. The van der Waals surface area contributed by atoms with Crippen molar-refractivity contribution in [1.82, 2.24) is 0 Å². The fourth-order valence-corrected chi connectivity index (χ4v) is 4.85.